The van der Waals surface area contributed by atoms with Crippen LogP contribution in [0.1, 0.15) is 52.5 Å². The highest BCUT2D eigenvalue weighted by molar-refractivity contribution is 5.98. The molecular formula is C19H26N2O3. The topological polar surface area (TPSA) is 71.3 Å². The molecule has 1 N–H and O–H groups in total. The van der Waals surface area contributed by atoms with Crippen LogP contribution < -0.4 is 10.1 Å². The number of carbonyl (C=O) groups is 1. The van der Waals surface area contributed by atoms with E-state index < -0.39 is 5.60 Å². The van der Waals surface area contributed by atoms with Gasteiger partial charge in [-0.25, -0.2) is 0 Å². The quantitative estimate of drug-likeness (QED) is 0.785. The van der Waals surface area contributed by atoms with Gasteiger partial charge >= 0.3 is 0 Å². The monoisotopic (exact) mass is 330 g/mol. The van der Waals surface area contributed by atoms with E-state index in [1.807, 2.05) is 27.7 Å². The van der Waals surface area contributed by atoms with Crippen LogP contribution in [0.4, 0.5) is 5.69 Å². The van der Waals surface area contributed by atoms with Crippen molar-refractivity contribution in [2.75, 3.05) is 11.9 Å². The van der Waals surface area contributed by atoms with Crippen molar-refractivity contribution in [1.82, 2.24) is 0 Å². The van der Waals surface area contributed by atoms with Crippen LogP contribution in [0.2, 0.25) is 0 Å². The molecule has 1 fully saturated rings. The number of anilines is 1. The van der Waals surface area contributed by atoms with E-state index >= 15 is 0 Å². The number of rotatable bonds is 8. The van der Waals surface area contributed by atoms with Gasteiger partial charge in [0.15, 0.2) is 0 Å². The van der Waals surface area contributed by atoms with Gasteiger partial charge in [0, 0.05) is 12.7 Å². The summed E-state index contributed by atoms with van der Waals surface area (Å²) in [6, 6.07) is 7.28. The van der Waals surface area contributed by atoms with Gasteiger partial charge in [0.2, 0.25) is 0 Å². The molecule has 0 aromatic heterocycles. The number of amides is 1. The Labute approximate surface area is 144 Å². The van der Waals surface area contributed by atoms with Crippen LogP contribution in [0.25, 0.3) is 0 Å². The third-order valence-electron chi connectivity index (χ3n) is 4.52. The van der Waals surface area contributed by atoms with Crippen LogP contribution in [0.3, 0.4) is 0 Å². The molecule has 0 spiro atoms. The maximum atomic E-state index is 12.7. The molecule has 130 valence electrons. The zero-order valence-electron chi connectivity index (χ0n) is 14.9. The minimum atomic E-state index is -0.840. The van der Waals surface area contributed by atoms with Crippen molar-refractivity contribution in [3.05, 3.63) is 23.8 Å². The third-order valence-corrected chi connectivity index (χ3v) is 4.52. The van der Waals surface area contributed by atoms with Gasteiger partial charge in [0.25, 0.3) is 5.91 Å². The van der Waals surface area contributed by atoms with Gasteiger partial charge in [-0.05, 0) is 58.1 Å². The molecule has 2 rings (SSSR count). The molecule has 5 nitrogen and oxygen atoms in total. The second-order valence-electron chi connectivity index (χ2n) is 6.42. The maximum absolute atomic E-state index is 12.7. The fourth-order valence-electron chi connectivity index (χ4n) is 2.66. The molecule has 0 unspecified atom stereocenters. The highest BCUT2D eigenvalue weighted by Gasteiger charge is 2.48. The molecule has 1 amide bonds. The Morgan fingerprint density at radius 2 is 2.17 bits per heavy atom. The summed E-state index contributed by atoms with van der Waals surface area (Å²) in [5, 5.41) is 12.2. The number of hydrogen-bond acceptors (Lipinski definition) is 4. The number of ether oxygens (including phenoxy) is 2. The van der Waals surface area contributed by atoms with Crippen molar-refractivity contribution in [3.8, 4) is 11.8 Å². The van der Waals surface area contributed by atoms with E-state index in [1.165, 1.54) is 0 Å². The molecule has 24 heavy (non-hydrogen) atoms. The van der Waals surface area contributed by atoms with Gasteiger partial charge in [0.05, 0.1) is 17.4 Å². The largest absolute Gasteiger partial charge is 0.491 e. The SMILES string of the molecule is CCO[C@](C)(C(=O)Nc1ccc(O[C@H](C)CC)cc1C#N)C1CC1. The molecule has 0 aliphatic heterocycles. The summed E-state index contributed by atoms with van der Waals surface area (Å²) in [6.45, 7) is 8.21. The Bertz CT molecular complexity index is 634. The molecule has 0 saturated heterocycles. The first kappa shape index (κ1) is 18.3. The van der Waals surface area contributed by atoms with Crippen molar-refractivity contribution in [3.63, 3.8) is 0 Å². The highest BCUT2D eigenvalue weighted by atomic mass is 16.5. The van der Waals surface area contributed by atoms with E-state index in [-0.39, 0.29) is 17.9 Å². The fourth-order valence-corrected chi connectivity index (χ4v) is 2.66. The van der Waals surface area contributed by atoms with E-state index in [1.54, 1.807) is 18.2 Å². The fraction of sp³-hybridized carbons (Fsp3) is 0.579. The lowest BCUT2D eigenvalue weighted by atomic mass is 9.98. The lowest BCUT2D eigenvalue weighted by Crippen LogP contribution is -2.45. The number of carbonyl (C=O) groups excluding carboxylic acids is 1. The Morgan fingerprint density at radius 3 is 2.71 bits per heavy atom. The molecule has 5 heteroatoms. The normalized spacial score (nSPS) is 17.5. The van der Waals surface area contributed by atoms with Crippen LogP contribution in [-0.4, -0.2) is 24.2 Å². The number of nitrogens with one attached hydrogen (secondary N) is 1. The lowest BCUT2D eigenvalue weighted by Gasteiger charge is -2.28. The molecule has 0 radical (unpaired) electrons. The Kier molecular flexibility index (Phi) is 5.84. The van der Waals surface area contributed by atoms with Crippen molar-refractivity contribution in [2.45, 2.75) is 58.7 Å². The molecule has 1 aliphatic rings. The summed E-state index contributed by atoms with van der Waals surface area (Å²) in [4.78, 5) is 12.7. The average Bonchev–Trinajstić information content (AvgIpc) is 3.41. The standard InChI is InChI=1S/C19H26N2O3/c1-5-13(3)24-16-9-10-17(14(11-16)12-20)21-18(22)19(4,23-6-2)15-7-8-15/h9-11,13,15H,5-8H2,1-4H3,(H,21,22)/t13-,19+/m1/s1. The van der Waals surface area contributed by atoms with E-state index in [0.29, 0.717) is 23.6 Å². The van der Waals surface area contributed by atoms with Gasteiger partial charge < -0.3 is 14.8 Å². The number of nitriles is 1. The molecule has 1 aromatic carbocycles. The Balaban J connectivity index is 2.16. The predicted molar refractivity (Wildman–Crippen MR) is 92.9 cm³/mol. The average molecular weight is 330 g/mol. The Morgan fingerprint density at radius 1 is 1.46 bits per heavy atom. The van der Waals surface area contributed by atoms with Crippen LogP contribution in [0, 0.1) is 17.2 Å². The first-order chi connectivity index (χ1) is 11.4. The molecule has 1 saturated carbocycles. The summed E-state index contributed by atoms with van der Waals surface area (Å²) in [7, 11) is 0. The van der Waals surface area contributed by atoms with Crippen molar-refractivity contribution >= 4 is 11.6 Å². The number of benzene rings is 1. The van der Waals surface area contributed by atoms with E-state index in [2.05, 4.69) is 11.4 Å². The first-order valence-corrected chi connectivity index (χ1v) is 8.60. The smallest absolute Gasteiger partial charge is 0.256 e. The van der Waals surface area contributed by atoms with Gasteiger partial charge in [-0.15, -0.1) is 0 Å². The van der Waals surface area contributed by atoms with E-state index in [0.717, 1.165) is 19.3 Å². The molecular weight excluding hydrogens is 304 g/mol. The number of hydrogen-bond donors (Lipinski definition) is 1. The summed E-state index contributed by atoms with van der Waals surface area (Å²) in [5.74, 6) is 0.684. The maximum Gasteiger partial charge on any atom is 0.256 e. The third kappa shape index (κ3) is 4.07. The van der Waals surface area contributed by atoms with Crippen LogP contribution >= 0.6 is 0 Å². The summed E-state index contributed by atoms with van der Waals surface area (Å²) >= 11 is 0. The predicted octanol–water partition coefficient (Wildman–Crippen LogP) is 3.88. The van der Waals surface area contributed by atoms with Crippen molar-refractivity contribution < 1.29 is 14.3 Å². The first-order valence-electron chi connectivity index (χ1n) is 8.60. The summed E-state index contributed by atoms with van der Waals surface area (Å²) in [6.07, 6.45) is 2.95. The lowest BCUT2D eigenvalue weighted by molar-refractivity contribution is -0.141. The second kappa shape index (κ2) is 7.67. The minimum absolute atomic E-state index is 0.0769. The highest BCUT2D eigenvalue weighted by Crippen LogP contribution is 2.42. The van der Waals surface area contributed by atoms with Crippen LogP contribution in [0.5, 0.6) is 5.75 Å². The molecule has 1 aromatic rings. The molecule has 1 aliphatic carbocycles. The minimum Gasteiger partial charge on any atom is -0.491 e. The second-order valence-corrected chi connectivity index (χ2v) is 6.42. The summed E-state index contributed by atoms with van der Waals surface area (Å²) < 4.78 is 11.5. The van der Waals surface area contributed by atoms with Gasteiger partial charge in [-0.3, -0.25) is 4.79 Å². The zero-order valence-corrected chi connectivity index (χ0v) is 14.9. The van der Waals surface area contributed by atoms with Crippen molar-refractivity contribution in [1.29, 1.82) is 5.26 Å². The van der Waals surface area contributed by atoms with Gasteiger partial charge in [0.1, 0.15) is 17.4 Å². The molecule has 0 bridgehead atoms. The number of nitrogens with zero attached hydrogens (tertiary/aromatic N) is 1. The Hall–Kier alpha value is -2.06. The van der Waals surface area contributed by atoms with Crippen LogP contribution in [-0.2, 0) is 9.53 Å². The van der Waals surface area contributed by atoms with Gasteiger partial charge in [-0.2, -0.15) is 5.26 Å². The molecule has 2 atom stereocenters. The zero-order chi connectivity index (χ0) is 17.7. The van der Waals surface area contributed by atoms with E-state index in [9.17, 15) is 10.1 Å². The summed E-state index contributed by atoms with van der Waals surface area (Å²) in [5.41, 5.74) is 0.0391. The van der Waals surface area contributed by atoms with E-state index in [4.69, 9.17) is 9.47 Å². The molecule has 0 heterocycles. The van der Waals surface area contributed by atoms with Crippen LogP contribution in [0.15, 0.2) is 18.2 Å². The van der Waals surface area contributed by atoms with Gasteiger partial charge in [-0.1, -0.05) is 6.92 Å². The van der Waals surface area contributed by atoms with Crippen molar-refractivity contribution in [2.24, 2.45) is 5.92 Å².